The highest BCUT2D eigenvalue weighted by molar-refractivity contribution is 5.16. The fraction of sp³-hybridized carbons (Fsp3) is 0.556. The van der Waals surface area contributed by atoms with Crippen LogP contribution in [0.1, 0.15) is 11.3 Å². The number of rotatable bonds is 5. The summed E-state index contributed by atoms with van der Waals surface area (Å²) in [6.07, 6.45) is -2.63. The van der Waals surface area contributed by atoms with Crippen LogP contribution in [0.3, 0.4) is 0 Å². The van der Waals surface area contributed by atoms with Crippen molar-refractivity contribution in [2.24, 2.45) is 0 Å². The van der Waals surface area contributed by atoms with Crippen LogP contribution in [-0.4, -0.2) is 34.0 Å². The van der Waals surface area contributed by atoms with Gasteiger partial charge in [0.05, 0.1) is 12.3 Å². The van der Waals surface area contributed by atoms with E-state index in [2.05, 4.69) is 14.7 Å². The van der Waals surface area contributed by atoms with Crippen molar-refractivity contribution in [3.05, 3.63) is 17.5 Å². The third kappa shape index (κ3) is 3.52. The van der Waals surface area contributed by atoms with Crippen molar-refractivity contribution in [1.29, 1.82) is 0 Å². The normalized spacial score (nSPS) is 11.9. The summed E-state index contributed by atoms with van der Waals surface area (Å²) in [4.78, 5) is 7.14. The molecule has 0 spiro atoms. The Bertz CT molecular complexity index is 387. The highest BCUT2D eigenvalue weighted by Gasteiger charge is 2.42. The van der Waals surface area contributed by atoms with Crippen LogP contribution >= 0.6 is 0 Å². The zero-order chi connectivity index (χ0) is 13.1. The molecule has 1 aromatic rings. The summed E-state index contributed by atoms with van der Waals surface area (Å²) >= 11 is 0. The molecule has 1 N–H and O–H groups in total. The Hall–Kier alpha value is -1.44. The van der Waals surface area contributed by atoms with Gasteiger partial charge in [-0.25, -0.2) is 18.7 Å². The largest absolute Gasteiger partial charge is 0.457 e. The van der Waals surface area contributed by atoms with E-state index in [1.807, 2.05) is 0 Å². The third-order valence-corrected chi connectivity index (χ3v) is 1.94. The van der Waals surface area contributed by atoms with Crippen molar-refractivity contribution < 1.29 is 27.4 Å². The maximum absolute atomic E-state index is 12.5. The number of aromatic nitrogens is 2. The molecule has 0 radical (unpaired) electrons. The van der Waals surface area contributed by atoms with Crippen molar-refractivity contribution >= 4 is 0 Å². The second-order valence-electron chi connectivity index (χ2n) is 3.27. The van der Waals surface area contributed by atoms with Crippen molar-refractivity contribution in [2.75, 3.05) is 6.61 Å². The van der Waals surface area contributed by atoms with Crippen LogP contribution in [-0.2, 0) is 6.61 Å². The topological polar surface area (TPSA) is 55.2 Å². The Balaban J connectivity index is 2.67. The van der Waals surface area contributed by atoms with Gasteiger partial charge in [-0.05, 0) is 6.92 Å². The van der Waals surface area contributed by atoms with Crippen molar-refractivity contribution in [3.8, 4) is 6.01 Å². The van der Waals surface area contributed by atoms with Crippen LogP contribution in [0.15, 0.2) is 6.20 Å². The van der Waals surface area contributed by atoms with Crippen LogP contribution < -0.4 is 4.74 Å². The third-order valence-electron chi connectivity index (χ3n) is 1.94. The summed E-state index contributed by atoms with van der Waals surface area (Å²) in [6, 6.07) is -0.431. The van der Waals surface area contributed by atoms with E-state index in [9.17, 15) is 17.6 Å². The van der Waals surface area contributed by atoms with Crippen LogP contribution in [0.2, 0.25) is 0 Å². The molecule has 0 unspecified atom stereocenters. The Morgan fingerprint density at radius 1 is 1.47 bits per heavy atom. The standard InChI is InChI=1S/C9H10F4N2O2/c1-5-6(3-16)2-14-8(15-5)17-4-9(12,13)7(10)11/h2,7,16H,3-4H2,1H3. The Labute approximate surface area is 94.3 Å². The van der Waals surface area contributed by atoms with E-state index in [-0.39, 0.29) is 6.61 Å². The zero-order valence-corrected chi connectivity index (χ0v) is 8.83. The number of halogens is 4. The average Bonchev–Trinajstić information content (AvgIpc) is 2.26. The lowest BCUT2D eigenvalue weighted by molar-refractivity contribution is -0.149. The minimum Gasteiger partial charge on any atom is -0.457 e. The monoisotopic (exact) mass is 254 g/mol. The second kappa shape index (κ2) is 5.26. The van der Waals surface area contributed by atoms with Gasteiger partial charge in [-0.1, -0.05) is 0 Å². The Morgan fingerprint density at radius 2 is 2.12 bits per heavy atom. The fourth-order valence-corrected chi connectivity index (χ4v) is 0.919. The van der Waals surface area contributed by atoms with Crippen molar-refractivity contribution in [2.45, 2.75) is 25.9 Å². The molecule has 1 aromatic heterocycles. The number of nitrogens with zero attached hydrogens (tertiary/aromatic N) is 2. The maximum Gasteiger partial charge on any atom is 0.340 e. The van der Waals surface area contributed by atoms with Gasteiger partial charge in [-0.3, -0.25) is 0 Å². The molecule has 0 aliphatic carbocycles. The Morgan fingerprint density at radius 3 is 2.59 bits per heavy atom. The van der Waals surface area contributed by atoms with Gasteiger partial charge in [0.2, 0.25) is 0 Å². The highest BCUT2D eigenvalue weighted by Crippen LogP contribution is 2.23. The number of aryl methyl sites for hydroxylation is 1. The molecule has 0 saturated heterocycles. The van der Waals surface area contributed by atoms with E-state index in [4.69, 9.17) is 5.11 Å². The Kier molecular flexibility index (Phi) is 4.22. The lowest BCUT2D eigenvalue weighted by Gasteiger charge is -2.15. The molecule has 1 rings (SSSR count). The van der Waals surface area contributed by atoms with E-state index in [0.717, 1.165) is 0 Å². The number of hydrogen-bond acceptors (Lipinski definition) is 4. The lowest BCUT2D eigenvalue weighted by atomic mass is 10.3. The molecule has 1 heterocycles. The van der Waals surface area contributed by atoms with Crippen molar-refractivity contribution in [1.82, 2.24) is 9.97 Å². The van der Waals surface area contributed by atoms with E-state index < -0.39 is 25.0 Å². The van der Waals surface area contributed by atoms with Crippen LogP contribution in [0.5, 0.6) is 6.01 Å². The number of hydrogen-bond donors (Lipinski definition) is 1. The summed E-state index contributed by atoms with van der Waals surface area (Å²) in [7, 11) is 0. The molecule has 0 aliphatic rings. The number of alkyl halides is 4. The minimum absolute atomic E-state index is 0.306. The molecule has 8 heteroatoms. The zero-order valence-electron chi connectivity index (χ0n) is 8.83. The fourth-order valence-electron chi connectivity index (χ4n) is 0.919. The van der Waals surface area contributed by atoms with Crippen LogP contribution in [0.4, 0.5) is 17.6 Å². The number of aliphatic hydroxyl groups excluding tert-OH is 1. The molecule has 0 amide bonds. The van der Waals surface area contributed by atoms with E-state index in [1.165, 1.54) is 13.1 Å². The van der Waals surface area contributed by atoms with Gasteiger partial charge >= 0.3 is 18.4 Å². The van der Waals surface area contributed by atoms with Gasteiger partial charge in [-0.15, -0.1) is 0 Å². The average molecular weight is 254 g/mol. The van der Waals surface area contributed by atoms with E-state index >= 15 is 0 Å². The molecule has 17 heavy (non-hydrogen) atoms. The molecule has 0 aromatic carbocycles. The second-order valence-corrected chi connectivity index (χ2v) is 3.27. The first-order chi connectivity index (χ1) is 7.86. The van der Waals surface area contributed by atoms with E-state index in [1.54, 1.807) is 0 Å². The molecule has 0 atom stereocenters. The van der Waals surface area contributed by atoms with Crippen LogP contribution in [0.25, 0.3) is 0 Å². The quantitative estimate of drug-likeness (QED) is 0.810. The molecule has 0 fully saturated rings. The number of aliphatic hydroxyl groups is 1. The van der Waals surface area contributed by atoms with Crippen LogP contribution in [0, 0.1) is 6.92 Å². The molecule has 96 valence electrons. The summed E-state index contributed by atoms with van der Waals surface area (Å²) < 4.78 is 53.0. The van der Waals surface area contributed by atoms with Gasteiger partial charge in [-0.2, -0.15) is 8.78 Å². The smallest absolute Gasteiger partial charge is 0.340 e. The number of ether oxygens (including phenoxy) is 1. The predicted octanol–water partition coefficient (Wildman–Crippen LogP) is 1.56. The molecule has 4 nitrogen and oxygen atoms in total. The first-order valence-electron chi connectivity index (χ1n) is 4.59. The first-order valence-corrected chi connectivity index (χ1v) is 4.59. The summed E-state index contributed by atoms with van der Waals surface area (Å²) in [6.45, 7) is -0.298. The summed E-state index contributed by atoms with van der Waals surface area (Å²) in [5.74, 6) is -4.24. The van der Waals surface area contributed by atoms with E-state index in [0.29, 0.717) is 11.3 Å². The molecular weight excluding hydrogens is 244 g/mol. The van der Waals surface area contributed by atoms with Gasteiger partial charge in [0.15, 0.2) is 6.61 Å². The maximum atomic E-state index is 12.5. The van der Waals surface area contributed by atoms with Gasteiger partial charge in [0.1, 0.15) is 0 Å². The molecule has 0 saturated carbocycles. The lowest BCUT2D eigenvalue weighted by Crippen LogP contribution is -2.34. The molecular formula is C9H10F4N2O2. The van der Waals surface area contributed by atoms with Gasteiger partial charge < -0.3 is 9.84 Å². The van der Waals surface area contributed by atoms with Gasteiger partial charge in [0.25, 0.3) is 0 Å². The van der Waals surface area contributed by atoms with Crippen molar-refractivity contribution in [3.63, 3.8) is 0 Å². The molecule has 0 bridgehead atoms. The summed E-state index contributed by atoms with van der Waals surface area (Å²) in [5, 5.41) is 8.80. The molecule has 0 aliphatic heterocycles. The SMILES string of the molecule is Cc1nc(OCC(F)(F)C(F)F)ncc1CO. The predicted molar refractivity (Wildman–Crippen MR) is 49.1 cm³/mol. The first kappa shape index (κ1) is 13.6. The summed E-state index contributed by atoms with van der Waals surface area (Å²) in [5.41, 5.74) is 0.732. The highest BCUT2D eigenvalue weighted by atomic mass is 19.3. The minimum atomic E-state index is -4.24. The van der Waals surface area contributed by atoms with Gasteiger partial charge in [0, 0.05) is 11.8 Å².